The standard InChI is InChI=1S/C22H30N2O4S/c1-6-7-17(5)23-20-13-10-18(22(25)28-15(2)3)14-21(20)29(26,27)24-19-11-8-16(4)9-12-19/h8-15,17,23-24H,6-7H2,1-5H3/t17-/m1/s1. The maximum atomic E-state index is 13.1. The Morgan fingerprint density at radius 3 is 2.31 bits per heavy atom. The lowest BCUT2D eigenvalue weighted by molar-refractivity contribution is 0.0377. The van der Waals surface area contributed by atoms with Gasteiger partial charge in [0.05, 0.1) is 17.4 Å². The number of rotatable bonds is 9. The van der Waals surface area contributed by atoms with E-state index in [-0.39, 0.29) is 22.6 Å². The maximum absolute atomic E-state index is 13.1. The van der Waals surface area contributed by atoms with Crippen molar-refractivity contribution in [2.45, 2.75) is 64.5 Å². The predicted octanol–water partition coefficient (Wildman–Crippen LogP) is 4.96. The molecule has 0 aliphatic heterocycles. The largest absolute Gasteiger partial charge is 0.459 e. The fourth-order valence-electron chi connectivity index (χ4n) is 2.88. The predicted molar refractivity (Wildman–Crippen MR) is 117 cm³/mol. The van der Waals surface area contributed by atoms with E-state index >= 15 is 0 Å². The van der Waals surface area contributed by atoms with Gasteiger partial charge in [0, 0.05) is 11.7 Å². The van der Waals surface area contributed by atoms with Crippen LogP contribution in [0.15, 0.2) is 47.4 Å². The molecular formula is C22H30N2O4S. The third kappa shape index (κ3) is 6.49. The molecule has 2 aromatic carbocycles. The average Bonchev–Trinajstić information content (AvgIpc) is 2.63. The second kappa shape index (κ2) is 9.78. The smallest absolute Gasteiger partial charge is 0.338 e. The molecule has 0 fully saturated rings. The van der Waals surface area contributed by atoms with Crippen molar-refractivity contribution in [1.29, 1.82) is 0 Å². The van der Waals surface area contributed by atoms with Gasteiger partial charge in [-0.15, -0.1) is 0 Å². The van der Waals surface area contributed by atoms with Gasteiger partial charge in [0.1, 0.15) is 4.90 Å². The van der Waals surface area contributed by atoms with Crippen LogP contribution in [0.1, 0.15) is 56.5 Å². The molecule has 1 atom stereocenters. The van der Waals surface area contributed by atoms with Gasteiger partial charge in [0.15, 0.2) is 0 Å². The highest BCUT2D eigenvalue weighted by molar-refractivity contribution is 7.92. The molecule has 7 heteroatoms. The minimum absolute atomic E-state index is 0.0132. The van der Waals surface area contributed by atoms with E-state index in [0.29, 0.717) is 11.4 Å². The van der Waals surface area contributed by atoms with Gasteiger partial charge in [-0.1, -0.05) is 31.0 Å². The van der Waals surface area contributed by atoms with E-state index in [1.54, 1.807) is 38.1 Å². The number of carbonyl (C=O) groups excluding carboxylic acids is 1. The van der Waals surface area contributed by atoms with Crippen molar-refractivity contribution in [3.05, 3.63) is 53.6 Å². The Hall–Kier alpha value is -2.54. The summed E-state index contributed by atoms with van der Waals surface area (Å²) < 4.78 is 34.1. The molecule has 0 spiro atoms. The molecule has 29 heavy (non-hydrogen) atoms. The molecule has 2 N–H and O–H groups in total. The molecular weight excluding hydrogens is 388 g/mol. The highest BCUT2D eigenvalue weighted by atomic mass is 32.2. The number of hydrogen-bond donors (Lipinski definition) is 2. The number of esters is 1. The van der Waals surface area contributed by atoms with Gasteiger partial charge in [-0.3, -0.25) is 4.72 Å². The van der Waals surface area contributed by atoms with Crippen LogP contribution in [0.25, 0.3) is 0 Å². The number of hydrogen-bond acceptors (Lipinski definition) is 5. The monoisotopic (exact) mass is 418 g/mol. The second-order valence-electron chi connectivity index (χ2n) is 7.47. The second-order valence-corrected chi connectivity index (χ2v) is 9.12. The van der Waals surface area contributed by atoms with Crippen LogP contribution in [0, 0.1) is 6.92 Å². The molecule has 0 aliphatic rings. The van der Waals surface area contributed by atoms with Crippen molar-refractivity contribution < 1.29 is 17.9 Å². The minimum Gasteiger partial charge on any atom is -0.459 e. The number of nitrogens with one attached hydrogen (secondary N) is 2. The molecule has 0 amide bonds. The van der Waals surface area contributed by atoms with Crippen molar-refractivity contribution in [3.8, 4) is 0 Å². The average molecular weight is 419 g/mol. The van der Waals surface area contributed by atoms with Crippen LogP contribution in [-0.4, -0.2) is 26.5 Å². The van der Waals surface area contributed by atoms with Crippen LogP contribution >= 0.6 is 0 Å². The molecule has 0 radical (unpaired) electrons. The van der Waals surface area contributed by atoms with E-state index in [0.717, 1.165) is 18.4 Å². The summed E-state index contributed by atoms with van der Waals surface area (Å²) in [4.78, 5) is 12.3. The fourth-order valence-corrected chi connectivity index (χ4v) is 4.13. The van der Waals surface area contributed by atoms with Crippen molar-refractivity contribution >= 4 is 27.4 Å². The van der Waals surface area contributed by atoms with Gasteiger partial charge in [-0.05, 0) is 64.4 Å². The molecule has 0 saturated heterocycles. The van der Waals surface area contributed by atoms with E-state index in [2.05, 4.69) is 17.0 Å². The number of ether oxygens (including phenoxy) is 1. The first-order valence-electron chi connectivity index (χ1n) is 9.83. The van der Waals surface area contributed by atoms with E-state index < -0.39 is 16.0 Å². The minimum atomic E-state index is -3.92. The molecule has 6 nitrogen and oxygen atoms in total. The summed E-state index contributed by atoms with van der Waals surface area (Å²) in [6, 6.07) is 11.7. The maximum Gasteiger partial charge on any atom is 0.338 e. The number of anilines is 2. The van der Waals surface area contributed by atoms with Crippen LogP contribution in [-0.2, 0) is 14.8 Å². The Labute approximate surface area is 173 Å². The molecule has 0 saturated carbocycles. The summed E-state index contributed by atoms with van der Waals surface area (Å²) in [7, 11) is -3.92. The quantitative estimate of drug-likeness (QED) is 0.562. The van der Waals surface area contributed by atoms with Crippen LogP contribution in [0.2, 0.25) is 0 Å². The highest BCUT2D eigenvalue weighted by Crippen LogP contribution is 2.27. The normalized spacial score (nSPS) is 12.5. The number of carbonyl (C=O) groups is 1. The number of sulfonamides is 1. The van der Waals surface area contributed by atoms with Gasteiger partial charge in [0.25, 0.3) is 10.0 Å². The van der Waals surface area contributed by atoms with Crippen LogP contribution < -0.4 is 10.0 Å². The number of aryl methyl sites for hydroxylation is 1. The zero-order chi connectivity index (χ0) is 21.6. The van der Waals surface area contributed by atoms with Crippen LogP contribution in [0.3, 0.4) is 0 Å². The summed E-state index contributed by atoms with van der Waals surface area (Å²) in [6.07, 6.45) is 1.56. The summed E-state index contributed by atoms with van der Waals surface area (Å²) in [5, 5.41) is 3.25. The molecule has 158 valence electrons. The first-order chi connectivity index (χ1) is 13.6. The first kappa shape index (κ1) is 22.7. The summed E-state index contributed by atoms with van der Waals surface area (Å²) in [5.41, 5.74) is 2.13. The summed E-state index contributed by atoms with van der Waals surface area (Å²) >= 11 is 0. The first-order valence-corrected chi connectivity index (χ1v) is 11.3. The topological polar surface area (TPSA) is 84.5 Å². The SMILES string of the molecule is CCC[C@@H](C)Nc1ccc(C(=O)OC(C)C)cc1S(=O)(=O)Nc1ccc(C)cc1. The van der Waals surface area contributed by atoms with E-state index in [9.17, 15) is 13.2 Å². The fraction of sp³-hybridized carbons (Fsp3) is 0.409. The van der Waals surface area contributed by atoms with Crippen LogP contribution in [0.5, 0.6) is 0 Å². The molecule has 0 unspecified atom stereocenters. The van der Waals surface area contributed by atoms with Crippen molar-refractivity contribution in [3.63, 3.8) is 0 Å². The molecule has 0 heterocycles. The molecule has 0 bridgehead atoms. The van der Waals surface area contributed by atoms with Gasteiger partial charge in [-0.2, -0.15) is 0 Å². The van der Waals surface area contributed by atoms with Gasteiger partial charge in [-0.25, -0.2) is 13.2 Å². The van der Waals surface area contributed by atoms with E-state index in [1.807, 2.05) is 26.0 Å². The zero-order valence-electron chi connectivity index (χ0n) is 17.7. The Balaban J connectivity index is 2.44. The van der Waals surface area contributed by atoms with E-state index in [4.69, 9.17) is 4.74 Å². The molecule has 0 aliphatic carbocycles. The summed E-state index contributed by atoms with van der Waals surface area (Å²) in [5.74, 6) is -0.556. The number of benzene rings is 2. The van der Waals surface area contributed by atoms with E-state index in [1.165, 1.54) is 6.07 Å². The van der Waals surface area contributed by atoms with Gasteiger partial charge in [0.2, 0.25) is 0 Å². The lowest BCUT2D eigenvalue weighted by Gasteiger charge is -2.19. The summed E-state index contributed by atoms with van der Waals surface area (Å²) in [6.45, 7) is 9.49. The van der Waals surface area contributed by atoms with Crippen molar-refractivity contribution in [2.24, 2.45) is 0 Å². The Morgan fingerprint density at radius 1 is 1.07 bits per heavy atom. The van der Waals surface area contributed by atoms with Crippen LogP contribution in [0.4, 0.5) is 11.4 Å². The third-order valence-corrected chi connectivity index (χ3v) is 5.70. The Morgan fingerprint density at radius 2 is 1.72 bits per heavy atom. The Kier molecular flexibility index (Phi) is 7.67. The van der Waals surface area contributed by atoms with Crippen molar-refractivity contribution in [2.75, 3.05) is 10.0 Å². The zero-order valence-corrected chi connectivity index (χ0v) is 18.5. The van der Waals surface area contributed by atoms with Gasteiger partial charge < -0.3 is 10.1 Å². The van der Waals surface area contributed by atoms with Gasteiger partial charge >= 0.3 is 5.97 Å². The molecule has 2 rings (SSSR count). The highest BCUT2D eigenvalue weighted by Gasteiger charge is 2.23. The lowest BCUT2D eigenvalue weighted by Crippen LogP contribution is -2.21. The lowest BCUT2D eigenvalue weighted by atomic mass is 10.1. The van der Waals surface area contributed by atoms with Crippen molar-refractivity contribution in [1.82, 2.24) is 0 Å². The molecule has 2 aromatic rings. The molecule has 0 aromatic heterocycles. The third-order valence-electron chi connectivity index (χ3n) is 4.28. The Bertz CT molecular complexity index is 938.